The molecular weight excluding hydrogens is 344 g/mol. The van der Waals surface area contributed by atoms with E-state index in [4.69, 9.17) is 0 Å². The summed E-state index contributed by atoms with van der Waals surface area (Å²) in [5, 5.41) is 0. The summed E-state index contributed by atoms with van der Waals surface area (Å²) < 4.78 is 0. The topological polar surface area (TPSA) is 40.6 Å². The zero-order chi connectivity index (χ0) is 18.5. The minimum atomic E-state index is -0.192. The van der Waals surface area contributed by atoms with Crippen LogP contribution in [0.1, 0.15) is 5.56 Å². The molecule has 2 aromatic rings. The average molecular weight is 364 g/mol. The van der Waals surface area contributed by atoms with Crippen molar-refractivity contribution in [2.24, 2.45) is 0 Å². The molecule has 2 amide bonds. The monoisotopic (exact) mass is 364 g/mol. The third-order valence-corrected chi connectivity index (χ3v) is 5.11. The fourth-order valence-electron chi connectivity index (χ4n) is 2.73. The van der Waals surface area contributed by atoms with Crippen LogP contribution in [-0.4, -0.2) is 30.3 Å². The number of nitrogens with zero attached hydrogens (tertiary/aromatic N) is 2. The largest absolute Gasteiger partial charge is 0.338 e. The Hall–Kier alpha value is -2.79. The standard InChI is InChI=1S/C21H20N2O2S/c1-3-13-23-17-11-7-8-12-18(17)26-19(21(23)25)14-20(24)22(2)15-16-9-5-4-6-10-16/h3-12,14H,1,13,15H2,2H3/b19-14+. The maximum absolute atomic E-state index is 12.8. The number of hydrogen-bond donors (Lipinski definition) is 0. The highest BCUT2D eigenvalue weighted by Gasteiger charge is 2.29. The van der Waals surface area contributed by atoms with E-state index in [0.29, 0.717) is 18.0 Å². The molecular formula is C21H20N2O2S. The number of thioether (sulfide) groups is 1. The third kappa shape index (κ3) is 3.89. The highest BCUT2D eigenvalue weighted by atomic mass is 32.2. The fraction of sp³-hybridized carbons (Fsp3) is 0.143. The van der Waals surface area contributed by atoms with E-state index in [-0.39, 0.29) is 11.8 Å². The van der Waals surface area contributed by atoms with E-state index in [1.165, 1.54) is 17.8 Å². The molecule has 0 radical (unpaired) electrons. The normalized spacial score (nSPS) is 14.9. The van der Waals surface area contributed by atoms with Gasteiger partial charge in [0, 0.05) is 31.1 Å². The number of para-hydroxylation sites is 1. The number of likely N-dealkylation sites (N-methyl/N-ethyl adjacent to an activating group) is 1. The van der Waals surface area contributed by atoms with E-state index in [0.717, 1.165) is 16.1 Å². The van der Waals surface area contributed by atoms with Crippen LogP contribution in [-0.2, 0) is 16.1 Å². The molecule has 0 bridgehead atoms. The van der Waals surface area contributed by atoms with E-state index in [1.54, 1.807) is 22.9 Å². The Kier molecular flexibility index (Phi) is 5.58. The smallest absolute Gasteiger partial charge is 0.265 e. The Bertz CT molecular complexity index is 861. The molecule has 0 atom stereocenters. The van der Waals surface area contributed by atoms with E-state index in [1.807, 2.05) is 54.6 Å². The number of carbonyl (C=O) groups is 2. The van der Waals surface area contributed by atoms with E-state index in [9.17, 15) is 9.59 Å². The Morgan fingerprint density at radius 3 is 2.58 bits per heavy atom. The molecule has 1 aliphatic heterocycles. The van der Waals surface area contributed by atoms with Gasteiger partial charge in [-0.3, -0.25) is 9.59 Å². The molecule has 0 aliphatic carbocycles. The lowest BCUT2D eigenvalue weighted by atomic mass is 10.2. The lowest BCUT2D eigenvalue weighted by Crippen LogP contribution is -2.35. The SMILES string of the molecule is C=CCN1C(=O)/C(=C\C(=O)N(C)Cc2ccccc2)Sc2ccccc21. The van der Waals surface area contributed by atoms with Crippen molar-refractivity contribution in [1.29, 1.82) is 0 Å². The van der Waals surface area contributed by atoms with Crippen molar-refractivity contribution in [2.45, 2.75) is 11.4 Å². The van der Waals surface area contributed by atoms with Gasteiger partial charge in [-0.05, 0) is 17.7 Å². The summed E-state index contributed by atoms with van der Waals surface area (Å²) in [6, 6.07) is 17.5. The summed E-state index contributed by atoms with van der Waals surface area (Å²) in [5.41, 5.74) is 1.90. The van der Waals surface area contributed by atoms with Crippen LogP contribution in [0.25, 0.3) is 0 Å². The number of rotatable bonds is 5. The van der Waals surface area contributed by atoms with Crippen molar-refractivity contribution in [1.82, 2.24) is 4.90 Å². The molecule has 0 saturated heterocycles. The summed E-state index contributed by atoms with van der Waals surface area (Å²) in [7, 11) is 1.74. The van der Waals surface area contributed by atoms with Gasteiger partial charge in [-0.25, -0.2) is 0 Å². The zero-order valence-electron chi connectivity index (χ0n) is 14.6. The molecule has 2 aromatic carbocycles. The van der Waals surface area contributed by atoms with Crippen molar-refractivity contribution < 1.29 is 9.59 Å². The van der Waals surface area contributed by atoms with Crippen molar-refractivity contribution in [3.63, 3.8) is 0 Å². The fourth-order valence-corrected chi connectivity index (χ4v) is 3.75. The van der Waals surface area contributed by atoms with Gasteiger partial charge in [-0.2, -0.15) is 0 Å². The molecule has 0 spiro atoms. The summed E-state index contributed by atoms with van der Waals surface area (Å²) in [4.78, 5) is 30.0. The molecule has 5 heteroatoms. The molecule has 132 valence electrons. The molecule has 4 nitrogen and oxygen atoms in total. The summed E-state index contributed by atoms with van der Waals surface area (Å²) in [5.74, 6) is -0.363. The molecule has 0 fully saturated rings. The predicted octanol–water partition coefficient (Wildman–Crippen LogP) is 3.85. The van der Waals surface area contributed by atoms with Gasteiger partial charge in [0.15, 0.2) is 0 Å². The Morgan fingerprint density at radius 2 is 1.85 bits per heavy atom. The van der Waals surface area contributed by atoms with Gasteiger partial charge >= 0.3 is 0 Å². The van der Waals surface area contributed by atoms with Crippen LogP contribution in [0.3, 0.4) is 0 Å². The van der Waals surface area contributed by atoms with E-state index in [2.05, 4.69) is 6.58 Å². The van der Waals surface area contributed by atoms with Crippen LogP contribution in [0.5, 0.6) is 0 Å². The second kappa shape index (κ2) is 8.06. The first-order chi connectivity index (χ1) is 12.6. The highest BCUT2D eigenvalue weighted by Crippen LogP contribution is 2.41. The van der Waals surface area contributed by atoms with Gasteiger partial charge in [0.2, 0.25) is 5.91 Å². The quantitative estimate of drug-likeness (QED) is 0.598. The minimum Gasteiger partial charge on any atom is -0.338 e. The van der Waals surface area contributed by atoms with Gasteiger partial charge in [0.1, 0.15) is 0 Å². The Labute approximate surface area is 157 Å². The molecule has 1 aliphatic rings. The van der Waals surface area contributed by atoms with Gasteiger partial charge < -0.3 is 9.80 Å². The van der Waals surface area contributed by atoms with E-state index >= 15 is 0 Å². The van der Waals surface area contributed by atoms with Gasteiger partial charge in [-0.1, -0.05) is 60.3 Å². The molecule has 26 heavy (non-hydrogen) atoms. The molecule has 1 heterocycles. The van der Waals surface area contributed by atoms with Crippen LogP contribution in [0.15, 0.2) is 83.1 Å². The number of carbonyl (C=O) groups excluding carboxylic acids is 2. The maximum atomic E-state index is 12.8. The molecule has 0 unspecified atom stereocenters. The third-order valence-electron chi connectivity index (χ3n) is 4.04. The Morgan fingerprint density at radius 1 is 1.15 bits per heavy atom. The maximum Gasteiger partial charge on any atom is 0.265 e. The molecule has 0 aromatic heterocycles. The summed E-state index contributed by atoms with van der Waals surface area (Å²) in [6.07, 6.45) is 3.12. The summed E-state index contributed by atoms with van der Waals surface area (Å²) >= 11 is 1.33. The predicted molar refractivity (Wildman–Crippen MR) is 106 cm³/mol. The van der Waals surface area contributed by atoms with Crippen LogP contribution in [0.4, 0.5) is 5.69 Å². The molecule has 0 saturated carbocycles. The Balaban J connectivity index is 1.82. The lowest BCUT2D eigenvalue weighted by Gasteiger charge is -2.29. The van der Waals surface area contributed by atoms with Crippen LogP contribution in [0, 0.1) is 0 Å². The molecule has 0 N–H and O–H groups in total. The summed E-state index contributed by atoms with van der Waals surface area (Å²) in [6.45, 7) is 4.63. The second-order valence-electron chi connectivity index (χ2n) is 5.96. The van der Waals surface area contributed by atoms with Crippen LogP contribution in [0.2, 0.25) is 0 Å². The van der Waals surface area contributed by atoms with E-state index < -0.39 is 0 Å². The number of fused-ring (bicyclic) bond motifs is 1. The van der Waals surface area contributed by atoms with Crippen LogP contribution >= 0.6 is 11.8 Å². The number of amides is 2. The zero-order valence-corrected chi connectivity index (χ0v) is 15.4. The van der Waals surface area contributed by atoms with Crippen LogP contribution < -0.4 is 4.90 Å². The first-order valence-electron chi connectivity index (χ1n) is 8.30. The van der Waals surface area contributed by atoms with Crippen molar-refractivity contribution in [3.8, 4) is 0 Å². The first kappa shape index (κ1) is 18.0. The van der Waals surface area contributed by atoms with Gasteiger partial charge in [-0.15, -0.1) is 6.58 Å². The van der Waals surface area contributed by atoms with Crippen molar-refractivity contribution in [2.75, 3.05) is 18.5 Å². The number of anilines is 1. The van der Waals surface area contributed by atoms with Gasteiger partial charge in [0.25, 0.3) is 5.91 Å². The number of hydrogen-bond acceptors (Lipinski definition) is 3. The average Bonchev–Trinajstić information content (AvgIpc) is 2.66. The van der Waals surface area contributed by atoms with Crippen molar-refractivity contribution in [3.05, 3.63) is 83.8 Å². The lowest BCUT2D eigenvalue weighted by molar-refractivity contribution is -0.125. The van der Waals surface area contributed by atoms with Crippen molar-refractivity contribution >= 4 is 29.3 Å². The second-order valence-corrected chi connectivity index (χ2v) is 7.05. The minimum absolute atomic E-state index is 0.171. The molecule has 3 rings (SSSR count). The number of benzene rings is 2. The van der Waals surface area contributed by atoms with Gasteiger partial charge in [0.05, 0.1) is 10.6 Å². The highest BCUT2D eigenvalue weighted by molar-refractivity contribution is 8.04. The first-order valence-corrected chi connectivity index (χ1v) is 9.12.